The van der Waals surface area contributed by atoms with Gasteiger partial charge >= 0.3 is 0 Å². The molecule has 97 heavy (non-hydrogen) atoms. The van der Waals surface area contributed by atoms with Gasteiger partial charge in [-0.25, -0.2) is 0 Å². The van der Waals surface area contributed by atoms with Gasteiger partial charge in [-0.1, -0.05) is 288 Å². The highest BCUT2D eigenvalue weighted by Gasteiger charge is 2.53. The molecular weight excluding hydrogens is 1170 g/mol. The summed E-state index contributed by atoms with van der Waals surface area (Å²) in [6.45, 7) is 23.3. The molecule has 13 aromatic carbocycles. The number of benzene rings is 13. The second-order valence-corrected chi connectivity index (χ2v) is 30.6. The minimum atomic E-state index is -0.539. The number of hydrogen-bond donors (Lipinski definition) is 0. The molecular formula is C93H75BN2O. The molecule has 4 heteroatoms. The second-order valence-electron chi connectivity index (χ2n) is 30.6. The average Bonchev–Trinajstić information content (AvgIpc) is 1.53. The van der Waals surface area contributed by atoms with Crippen molar-refractivity contribution < 1.29 is 4.74 Å². The molecule has 0 bridgehead atoms. The topological polar surface area (TPSA) is 19.1 Å². The molecule has 0 saturated carbocycles. The summed E-state index contributed by atoms with van der Waals surface area (Å²) in [5.74, 6) is 2.40. The quantitative estimate of drug-likeness (QED) is 0.146. The molecule has 0 saturated heterocycles. The van der Waals surface area contributed by atoms with Gasteiger partial charge in [-0.3, -0.25) is 0 Å². The Balaban J connectivity index is 0.959. The van der Waals surface area contributed by atoms with Crippen LogP contribution in [0.25, 0.3) is 122 Å². The van der Waals surface area contributed by atoms with Crippen molar-refractivity contribution in [1.29, 1.82) is 0 Å². The smallest absolute Gasteiger partial charge is 0.256 e. The lowest BCUT2D eigenvalue weighted by molar-refractivity contribution is 0.486. The Morgan fingerprint density at radius 1 is 0.351 bits per heavy atom. The van der Waals surface area contributed by atoms with Crippen LogP contribution in [0.1, 0.15) is 126 Å². The van der Waals surface area contributed by atoms with Gasteiger partial charge in [-0.15, -0.1) is 0 Å². The lowest BCUT2D eigenvalue weighted by atomic mass is 9.34. The van der Waals surface area contributed by atoms with Gasteiger partial charge < -0.3 is 13.9 Å². The Labute approximate surface area is 569 Å². The van der Waals surface area contributed by atoms with Gasteiger partial charge in [-0.2, -0.15) is 0 Å². The monoisotopic (exact) mass is 1250 g/mol. The maximum atomic E-state index is 7.88. The fraction of sp³-hybridized carbons (Fsp3) is 0.161. The van der Waals surface area contributed by atoms with Crippen LogP contribution in [0.4, 0.5) is 0 Å². The summed E-state index contributed by atoms with van der Waals surface area (Å²) >= 11 is 0. The van der Waals surface area contributed by atoms with Gasteiger partial charge in [0.05, 0.1) is 33.2 Å². The summed E-state index contributed by atoms with van der Waals surface area (Å²) < 4.78 is 13.2. The number of rotatable bonds is 7. The number of fused-ring (bicyclic) bond motifs is 21. The molecule has 0 fully saturated rings. The summed E-state index contributed by atoms with van der Waals surface area (Å²) in [5.41, 5.74) is 35.5. The van der Waals surface area contributed by atoms with Crippen molar-refractivity contribution in [3.8, 4) is 89.6 Å². The first-order valence-corrected chi connectivity index (χ1v) is 35.0. The van der Waals surface area contributed by atoms with Crippen LogP contribution in [0.15, 0.2) is 261 Å². The van der Waals surface area contributed by atoms with E-state index in [2.05, 4.69) is 339 Å². The minimum Gasteiger partial charge on any atom is -0.458 e. The van der Waals surface area contributed by atoms with E-state index in [0.29, 0.717) is 0 Å². The van der Waals surface area contributed by atoms with E-state index in [9.17, 15) is 0 Å². The molecule has 0 amide bonds. The summed E-state index contributed by atoms with van der Waals surface area (Å²) in [6, 6.07) is 100. The van der Waals surface area contributed by atoms with E-state index in [1.165, 1.54) is 171 Å². The normalized spacial score (nSPS) is 13.8. The lowest BCUT2D eigenvalue weighted by Crippen LogP contribution is -2.58. The highest BCUT2D eigenvalue weighted by atomic mass is 16.5. The van der Waals surface area contributed by atoms with E-state index in [-0.39, 0.29) is 29.4 Å². The third kappa shape index (κ3) is 8.11. The van der Waals surface area contributed by atoms with Crippen molar-refractivity contribution in [2.75, 3.05) is 0 Å². The molecule has 0 radical (unpaired) electrons. The Bertz CT molecular complexity index is 5780. The predicted molar refractivity (Wildman–Crippen MR) is 410 cm³/mol. The Hall–Kier alpha value is -10.7. The highest BCUT2D eigenvalue weighted by Crippen LogP contribution is 2.63. The standard InChI is InChI=1S/C93H75BN2O/c1-54(2)62-37-27-38-63(55(3)4)86(62)59-46-83-88-85(47-59)97-84-53-77-72(66-34-19-24-41-76(66)93(77)74-39-22-17-32-64(74)65-33-18-23-40-75(65)93)50-78(84)94(88)79-51-73-67-35-20-25-42-80(67)95(89(73)87-68-36-21-26-43-81(68)96(83)90(79)87)82-52-70(56-28-13-11-14-29-56)69(49-71(82)57-30-15-12-16-31-57)58-44-60(91(5,6)7)48-61(45-58)92(8,9)10/h11-55H,1-10H3. The van der Waals surface area contributed by atoms with E-state index in [1.807, 2.05) is 0 Å². The summed E-state index contributed by atoms with van der Waals surface area (Å²) in [5, 5.41) is 4.91. The first kappa shape index (κ1) is 57.7. The number of para-hydroxylation sites is 2. The van der Waals surface area contributed by atoms with Crippen molar-refractivity contribution in [3.05, 3.63) is 305 Å². The molecule has 2 aliphatic carbocycles. The van der Waals surface area contributed by atoms with Crippen LogP contribution >= 0.6 is 0 Å². The fourth-order valence-electron chi connectivity index (χ4n) is 18.0. The van der Waals surface area contributed by atoms with Gasteiger partial charge in [0.25, 0.3) is 6.71 Å². The molecule has 0 N–H and O–H groups in total. The zero-order valence-electron chi connectivity index (χ0n) is 56.9. The second kappa shape index (κ2) is 20.7. The van der Waals surface area contributed by atoms with E-state index >= 15 is 0 Å². The maximum Gasteiger partial charge on any atom is 0.256 e. The molecule has 3 nitrogen and oxygen atoms in total. The van der Waals surface area contributed by atoms with Gasteiger partial charge in [0.15, 0.2) is 0 Å². The Kier molecular flexibility index (Phi) is 12.3. The first-order valence-electron chi connectivity index (χ1n) is 35.0. The SMILES string of the molecule is CC(C)c1cccc(C(C)C)c1-c1cc2c3c(c1)-n1c4ccccc4c4c1c(cc1c5ccccc5n(-c5cc(-c6ccccc6)c(-c6cc(C(C)(C)C)cc(C(C)(C)C)c6)cc5-c5ccccc5)c14)B3c1cc3c(cc1O2)C1(c2ccccc2-c2ccccc21)c1ccccc1-3. The third-order valence-corrected chi connectivity index (χ3v) is 22.4. The zero-order chi connectivity index (χ0) is 65.7. The largest absolute Gasteiger partial charge is 0.458 e. The van der Waals surface area contributed by atoms with Crippen LogP contribution in [0.2, 0.25) is 0 Å². The molecule has 1 spiro atoms. The number of nitrogens with zero attached hydrogens (tertiary/aromatic N) is 2. The Morgan fingerprint density at radius 2 is 0.866 bits per heavy atom. The molecule has 19 rings (SSSR count). The fourth-order valence-corrected chi connectivity index (χ4v) is 18.0. The van der Waals surface area contributed by atoms with Crippen LogP contribution in [0.5, 0.6) is 11.5 Å². The summed E-state index contributed by atoms with van der Waals surface area (Å²) in [6.07, 6.45) is 0. The van der Waals surface area contributed by atoms with Crippen LogP contribution in [0, 0.1) is 0 Å². The third-order valence-electron chi connectivity index (χ3n) is 22.4. The molecule has 0 atom stereocenters. The van der Waals surface area contributed by atoms with Crippen molar-refractivity contribution in [2.24, 2.45) is 0 Å². The number of ether oxygens (including phenoxy) is 1. The van der Waals surface area contributed by atoms with E-state index < -0.39 is 5.41 Å². The zero-order valence-corrected chi connectivity index (χ0v) is 56.9. The van der Waals surface area contributed by atoms with Gasteiger partial charge in [0, 0.05) is 32.8 Å². The lowest BCUT2D eigenvalue weighted by Gasteiger charge is -2.36. The summed E-state index contributed by atoms with van der Waals surface area (Å²) in [4.78, 5) is 0. The molecule has 2 aliphatic heterocycles. The highest BCUT2D eigenvalue weighted by molar-refractivity contribution is 6.99. The van der Waals surface area contributed by atoms with E-state index in [0.717, 1.165) is 22.7 Å². The Morgan fingerprint density at radius 3 is 1.46 bits per heavy atom. The molecule has 466 valence electrons. The molecule has 4 heterocycles. The van der Waals surface area contributed by atoms with Gasteiger partial charge in [0.1, 0.15) is 11.5 Å². The minimum absolute atomic E-state index is 0.0737. The van der Waals surface area contributed by atoms with E-state index in [4.69, 9.17) is 4.74 Å². The van der Waals surface area contributed by atoms with E-state index in [1.54, 1.807) is 0 Å². The van der Waals surface area contributed by atoms with Crippen molar-refractivity contribution in [1.82, 2.24) is 9.13 Å². The summed E-state index contributed by atoms with van der Waals surface area (Å²) in [7, 11) is 0. The van der Waals surface area contributed by atoms with Crippen LogP contribution in [0.3, 0.4) is 0 Å². The number of hydrogen-bond acceptors (Lipinski definition) is 1. The number of aromatic nitrogens is 2. The first-order chi connectivity index (χ1) is 47.1. The van der Waals surface area contributed by atoms with Crippen LogP contribution < -0.4 is 21.1 Å². The van der Waals surface area contributed by atoms with Crippen LogP contribution in [-0.2, 0) is 16.2 Å². The maximum absolute atomic E-state index is 7.88. The van der Waals surface area contributed by atoms with Gasteiger partial charge in [0.2, 0.25) is 0 Å². The van der Waals surface area contributed by atoms with Crippen molar-refractivity contribution >= 4 is 66.7 Å². The van der Waals surface area contributed by atoms with Crippen molar-refractivity contribution in [2.45, 2.75) is 97.3 Å². The van der Waals surface area contributed by atoms with Crippen molar-refractivity contribution in [3.63, 3.8) is 0 Å². The molecule has 15 aromatic rings. The molecule has 0 unspecified atom stereocenters. The van der Waals surface area contributed by atoms with Crippen LogP contribution in [-0.4, -0.2) is 15.8 Å². The molecule has 2 aromatic heterocycles. The van der Waals surface area contributed by atoms with Gasteiger partial charge in [-0.05, 0) is 187 Å². The predicted octanol–water partition coefficient (Wildman–Crippen LogP) is 22.7. The molecule has 4 aliphatic rings. The average molecular weight is 1250 g/mol.